The normalized spacial score (nSPS) is 15.2. The van der Waals surface area contributed by atoms with Gasteiger partial charge in [0.2, 0.25) is 0 Å². The van der Waals surface area contributed by atoms with E-state index >= 15 is 0 Å². The molecule has 136 valence electrons. The lowest BCUT2D eigenvalue weighted by molar-refractivity contribution is 0.0969. The van der Waals surface area contributed by atoms with E-state index in [1.54, 1.807) is 32.4 Å². The monoisotopic (exact) mass is 351 g/mol. The molecule has 2 aromatic rings. The van der Waals surface area contributed by atoms with Crippen molar-refractivity contribution >= 4 is 17.2 Å². The van der Waals surface area contributed by atoms with Gasteiger partial charge in [0.05, 0.1) is 25.4 Å². The summed E-state index contributed by atoms with van der Waals surface area (Å²) in [6.45, 7) is 8.27. The highest BCUT2D eigenvalue weighted by atomic mass is 16.5. The highest BCUT2D eigenvalue weighted by Crippen LogP contribution is 2.40. The standard InChI is InChI=1S/C22H25NO3/c1-14-7-9-18-17(11-14)15(2)13-22(3,4)23(18)21(24)16-8-10-19(25-5)20(12-16)26-6/h7-13H,1-6H3. The molecule has 1 aliphatic rings. The zero-order valence-electron chi connectivity index (χ0n) is 16.2. The molecule has 0 aliphatic carbocycles. The molecule has 1 amide bonds. The van der Waals surface area contributed by atoms with Gasteiger partial charge in [0, 0.05) is 11.1 Å². The molecule has 0 saturated heterocycles. The number of ether oxygens (including phenoxy) is 2. The third kappa shape index (κ3) is 2.96. The van der Waals surface area contributed by atoms with Crippen LogP contribution in [0.2, 0.25) is 0 Å². The molecule has 0 N–H and O–H groups in total. The first kappa shape index (κ1) is 18.1. The van der Waals surface area contributed by atoms with Crippen LogP contribution >= 0.6 is 0 Å². The van der Waals surface area contributed by atoms with E-state index in [9.17, 15) is 4.79 Å². The number of nitrogens with zero attached hydrogens (tertiary/aromatic N) is 1. The fraction of sp³-hybridized carbons (Fsp3) is 0.318. The number of benzene rings is 2. The van der Waals surface area contributed by atoms with Crippen molar-refractivity contribution < 1.29 is 14.3 Å². The van der Waals surface area contributed by atoms with Crippen LogP contribution in [0, 0.1) is 6.92 Å². The largest absolute Gasteiger partial charge is 0.493 e. The van der Waals surface area contributed by atoms with E-state index < -0.39 is 5.54 Å². The van der Waals surface area contributed by atoms with E-state index in [1.807, 2.05) is 17.0 Å². The number of hydrogen-bond acceptors (Lipinski definition) is 3. The average Bonchev–Trinajstić information content (AvgIpc) is 2.60. The third-order valence-corrected chi connectivity index (χ3v) is 4.80. The van der Waals surface area contributed by atoms with Gasteiger partial charge >= 0.3 is 0 Å². The Balaban J connectivity index is 2.12. The van der Waals surface area contributed by atoms with Gasteiger partial charge < -0.3 is 9.47 Å². The van der Waals surface area contributed by atoms with Crippen LogP contribution in [0.25, 0.3) is 5.57 Å². The van der Waals surface area contributed by atoms with Gasteiger partial charge in [0.15, 0.2) is 11.5 Å². The second kappa shape index (κ2) is 6.52. The van der Waals surface area contributed by atoms with Crippen LogP contribution in [0.5, 0.6) is 11.5 Å². The summed E-state index contributed by atoms with van der Waals surface area (Å²) in [5.74, 6) is 1.09. The number of carbonyl (C=O) groups excluding carboxylic acids is 1. The first-order valence-corrected chi connectivity index (χ1v) is 8.65. The minimum absolute atomic E-state index is 0.0650. The average molecular weight is 351 g/mol. The second-order valence-electron chi connectivity index (χ2n) is 7.21. The molecule has 0 aromatic heterocycles. The summed E-state index contributed by atoms with van der Waals surface area (Å²) in [4.78, 5) is 15.3. The summed E-state index contributed by atoms with van der Waals surface area (Å²) < 4.78 is 10.6. The maximum atomic E-state index is 13.4. The van der Waals surface area contributed by atoms with Crippen LogP contribution in [0.15, 0.2) is 42.5 Å². The van der Waals surface area contributed by atoms with E-state index in [2.05, 4.69) is 39.8 Å². The number of methoxy groups -OCH3 is 2. The van der Waals surface area contributed by atoms with Crippen molar-refractivity contribution in [3.8, 4) is 11.5 Å². The smallest absolute Gasteiger partial charge is 0.259 e. The Bertz CT molecular complexity index is 896. The SMILES string of the molecule is COc1ccc(C(=O)N2c3ccc(C)cc3C(C)=CC2(C)C)cc1OC. The molecule has 0 radical (unpaired) electrons. The number of amides is 1. The van der Waals surface area contributed by atoms with E-state index in [0.717, 1.165) is 11.3 Å². The fourth-order valence-corrected chi connectivity index (χ4v) is 3.61. The van der Waals surface area contributed by atoms with Gasteiger partial charge in [-0.15, -0.1) is 0 Å². The van der Waals surface area contributed by atoms with E-state index in [0.29, 0.717) is 17.1 Å². The number of allylic oxidation sites excluding steroid dienone is 1. The van der Waals surface area contributed by atoms with Crippen LogP contribution in [0.3, 0.4) is 0 Å². The first-order valence-electron chi connectivity index (χ1n) is 8.65. The molecule has 4 nitrogen and oxygen atoms in total. The summed E-state index contributed by atoms with van der Waals surface area (Å²) in [6.07, 6.45) is 2.15. The fourth-order valence-electron chi connectivity index (χ4n) is 3.61. The molecule has 1 heterocycles. The topological polar surface area (TPSA) is 38.8 Å². The minimum atomic E-state index is -0.434. The summed E-state index contributed by atoms with van der Waals surface area (Å²) in [7, 11) is 3.15. The molecule has 0 unspecified atom stereocenters. The van der Waals surface area contributed by atoms with Gasteiger partial charge in [-0.2, -0.15) is 0 Å². The van der Waals surface area contributed by atoms with Gasteiger partial charge in [0.25, 0.3) is 5.91 Å². The third-order valence-electron chi connectivity index (χ3n) is 4.80. The van der Waals surface area contributed by atoms with Crippen molar-refractivity contribution in [1.82, 2.24) is 0 Å². The van der Waals surface area contributed by atoms with Crippen molar-refractivity contribution in [2.24, 2.45) is 0 Å². The molecule has 26 heavy (non-hydrogen) atoms. The summed E-state index contributed by atoms with van der Waals surface area (Å²) in [5.41, 5.74) is 4.52. The highest BCUT2D eigenvalue weighted by Gasteiger charge is 2.36. The van der Waals surface area contributed by atoms with Gasteiger partial charge in [-0.05, 0) is 63.6 Å². The molecule has 1 aliphatic heterocycles. The Morgan fingerprint density at radius 2 is 1.65 bits per heavy atom. The van der Waals surface area contributed by atoms with Crippen molar-refractivity contribution in [2.75, 3.05) is 19.1 Å². The molecule has 0 fully saturated rings. The molecular weight excluding hydrogens is 326 g/mol. The Morgan fingerprint density at radius 3 is 2.31 bits per heavy atom. The van der Waals surface area contributed by atoms with Crippen molar-refractivity contribution in [3.05, 3.63) is 59.2 Å². The maximum Gasteiger partial charge on any atom is 0.259 e. The van der Waals surface area contributed by atoms with Gasteiger partial charge in [0.1, 0.15) is 0 Å². The van der Waals surface area contributed by atoms with Crippen molar-refractivity contribution in [2.45, 2.75) is 33.2 Å². The Kier molecular flexibility index (Phi) is 4.53. The van der Waals surface area contributed by atoms with Crippen LogP contribution in [-0.4, -0.2) is 25.7 Å². The summed E-state index contributed by atoms with van der Waals surface area (Å²) >= 11 is 0. The predicted octanol–water partition coefficient (Wildman–Crippen LogP) is 4.85. The second-order valence-corrected chi connectivity index (χ2v) is 7.21. The molecule has 0 bridgehead atoms. The summed E-state index contributed by atoms with van der Waals surface area (Å²) in [5, 5.41) is 0. The van der Waals surface area contributed by atoms with E-state index in [4.69, 9.17) is 9.47 Å². The zero-order valence-corrected chi connectivity index (χ0v) is 16.2. The van der Waals surface area contributed by atoms with Crippen LogP contribution in [0.4, 0.5) is 5.69 Å². The summed E-state index contributed by atoms with van der Waals surface area (Å²) in [6, 6.07) is 11.5. The van der Waals surface area contributed by atoms with Crippen molar-refractivity contribution in [3.63, 3.8) is 0 Å². The van der Waals surface area contributed by atoms with Gasteiger partial charge in [-0.1, -0.05) is 17.7 Å². The molecular formula is C22H25NO3. The van der Waals surface area contributed by atoms with Gasteiger partial charge in [-0.3, -0.25) is 9.69 Å². The lowest BCUT2D eigenvalue weighted by Gasteiger charge is -2.41. The number of anilines is 1. The number of rotatable bonds is 3. The molecule has 0 spiro atoms. The number of carbonyl (C=O) groups is 1. The number of hydrogen-bond donors (Lipinski definition) is 0. The number of aryl methyl sites for hydroxylation is 1. The molecule has 0 saturated carbocycles. The van der Waals surface area contributed by atoms with Gasteiger partial charge in [-0.25, -0.2) is 0 Å². The molecule has 4 heteroatoms. The first-order chi connectivity index (χ1) is 12.3. The van der Waals surface area contributed by atoms with Crippen LogP contribution < -0.4 is 14.4 Å². The minimum Gasteiger partial charge on any atom is -0.493 e. The predicted molar refractivity (Wildman–Crippen MR) is 105 cm³/mol. The molecule has 0 atom stereocenters. The zero-order chi connectivity index (χ0) is 19.1. The Morgan fingerprint density at radius 1 is 0.962 bits per heavy atom. The quantitative estimate of drug-likeness (QED) is 0.793. The lowest BCUT2D eigenvalue weighted by atomic mass is 9.87. The van der Waals surface area contributed by atoms with E-state index in [1.165, 1.54) is 11.1 Å². The van der Waals surface area contributed by atoms with Crippen LogP contribution in [0.1, 0.15) is 42.3 Å². The maximum absolute atomic E-state index is 13.4. The molecule has 3 rings (SSSR count). The van der Waals surface area contributed by atoms with E-state index in [-0.39, 0.29) is 5.91 Å². The number of fused-ring (bicyclic) bond motifs is 1. The Labute approximate surface area is 155 Å². The highest BCUT2D eigenvalue weighted by molar-refractivity contribution is 6.10. The van der Waals surface area contributed by atoms with Crippen LogP contribution in [-0.2, 0) is 0 Å². The Hall–Kier alpha value is -2.75. The molecule has 2 aromatic carbocycles. The lowest BCUT2D eigenvalue weighted by Crippen LogP contribution is -2.49. The van der Waals surface area contributed by atoms with Crippen molar-refractivity contribution in [1.29, 1.82) is 0 Å².